The molecule has 3 N–H and O–H groups in total. The third-order valence-corrected chi connectivity index (χ3v) is 17.6. The molecule has 0 unspecified atom stereocenters. The van der Waals surface area contributed by atoms with E-state index in [0.29, 0.717) is 5.69 Å². The van der Waals surface area contributed by atoms with Gasteiger partial charge in [-0.15, -0.1) is 0 Å². The number of nitrogens with one attached hydrogen (secondary N) is 1. The Hall–Kier alpha value is -10.9. The van der Waals surface area contributed by atoms with Gasteiger partial charge in [-0.25, -0.2) is 4.79 Å². The first-order chi connectivity index (χ1) is 42.5. The Bertz CT molecular complexity index is 3940. The molecule has 13 aromatic rings. The minimum absolute atomic E-state index is 0.547. The summed E-state index contributed by atoms with van der Waals surface area (Å²) in [5.74, 6) is 0. The second-order valence-electron chi connectivity index (χ2n) is 22.0. The van der Waals surface area contributed by atoms with E-state index in [0.717, 1.165) is 89.0 Å². The van der Waals surface area contributed by atoms with Gasteiger partial charge in [0, 0.05) is 11.3 Å². The van der Waals surface area contributed by atoms with Crippen molar-refractivity contribution in [3.8, 4) is 0 Å². The average Bonchev–Trinajstić information content (AvgIpc) is 0.670. The summed E-state index contributed by atoms with van der Waals surface area (Å²) in [6.45, 7) is 0. The summed E-state index contributed by atoms with van der Waals surface area (Å²) in [6, 6.07) is 133. The molecule has 0 atom stereocenters. The van der Waals surface area contributed by atoms with Gasteiger partial charge in [0.25, 0.3) is 0 Å². The summed E-state index contributed by atoms with van der Waals surface area (Å²) in [5.41, 5.74) is 18.4. The van der Waals surface area contributed by atoms with Crippen molar-refractivity contribution in [2.45, 2.75) is 21.7 Å². The number of carbonyl (C=O) groups excluding carboxylic acids is 1. The average molecular weight is 1110 g/mol. The lowest BCUT2D eigenvalue weighted by molar-refractivity contribution is 0.259. The number of amides is 2. The molecule has 0 aliphatic carbocycles. The van der Waals surface area contributed by atoms with E-state index in [9.17, 15) is 0 Å². The van der Waals surface area contributed by atoms with Crippen LogP contribution in [0.25, 0.3) is 0 Å². The largest absolute Gasteiger partial charge is 0.351 e. The van der Waals surface area contributed by atoms with E-state index >= 15 is 4.79 Å². The van der Waals surface area contributed by atoms with Crippen molar-refractivity contribution in [2.24, 2.45) is 5.73 Å². The van der Waals surface area contributed by atoms with Crippen molar-refractivity contribution < 1.29 is 4.79 Å². The van der Waals surface area contributed by atoms with Gasteiger partial charge in [-0.3, -0.25) is 0 Å². The fourth-order valence-corrected chi connectivity index (χ4v) is 14.4. The van der Waals surface area contributed by atoms with E-state index in [2.05, 4.69) is 375 Å². The quantitative estimate of drug-likeness (QED) is 0.0877. The Kier molecular flexibility index (Phi) is 15.0. The van der Waals surface area contributed by atoms with E-state index in [1.807, 2.05) is 0 Å². The predicted molar refractivity (Wildman–Crippen MR) is 353 cm³/mol. The lowest BCUT2D eigenvalue weighted by Gasteiger charge is -2.52. The molecule has 2 amide bonds. The zero-order valence-corrected chi connectivity index (χ0v) is 47.7. The summed E-state index contributed by atoms with van der Waals surface area (Å²) >= 11 is 0. The number of primary amides is 1. The van der Waals surface area contributed by atoms with Crippen LogP contribution in [0.15, 0.2) is 370 Å². The topological polar surface area (TPSA) is 55.1 Å². The molecule has 13 rings (SSSR count). The van der Waals surface area contributed by atoms with Crippen LogP contribution < -0.4 is 11.1 Å². The summed E-state index contributed by atoms with van der Waals surface area (Å²) in [5, 5.41) is 3.56. The Labute approximate surface area is 505 Å². The van der Waals surface area contributed by atoms with Crippen LogP contribution in [0.5, 0.6) is 0 Å². The maximum absolute atomic E-state index is 15.1. The SMILES string of the molecule is NC(=O)Nc1cc(C(c2ccccc2)(c2ccccc2)c2ccccc2)c(C(c2ccccc2)(c2ccccc2)c2ccccc2)c(C(c2ccccc2)(c2ccccc2)c2ccccc2)c1C(c1ccccc1)(c1ccccc1)c1ccccc1. The third-order valence-electron chi connectivity index (χ3n) is 17.6. The highest BCUT2D eigenvalue weighted by atomic mass is 16.2. The number of nitrogens with two attached hydrogens (primary N) is 1. The van der Waals surface area contributed by atoms with Crippen LogP contribution in [0.2, 0.25) is 0 Å². The molecule has 3 heteroatoms. The lowest BCUT2D eigenvalue weighted by Crippen LogP contribution is -2.46. The van der Waals surface area contributed by atoms with Crippen LogP contribution in [0.3, 0.4) is 0 Å². The van der Waals surface area contributed by atoms with Gasteiger partial charge >= 0.3 is 6.03 Å². The molecule has 0 saturated carbocycles. The van der Waals surface area contributed by atoms with Crippen LogP contribution in [-0.4, -0.2) is 6.03 Å². The monoisotopic (exact) mass is 1100 g/mol. The molecule has 0 bridgehead atoms. The maximum atomic E-state index is 15.1. The molecule has 0 saturated heterocycles. The van der Waals surface area contributed by atoms with Crippen molar-refractivity contribution in [2.75, 3.05) is 5.32 Å². The van der Waals surface area contributed by atoms with Crippen molar-refractivity contribution in [1.82, 2.24) is 0 Å². The molecular formula is C83H64N2O. The molecule has 3 nitrogen and oxygen atoms in total. The van der Waals surface area contributed by atoms with Crippen LogP contribution in [0.1, 0.15) is 89.0 Å². The van der Waals surface area contributed by atoms with E-state index in [-0.39, 0.29) is 0 Å². The highest BCUT2D eigenvalue weighted by Crippen LogP contribution is 2.64. The Morgan fingerprint density at radius 2 is 0.384 bits per heavy atom. The molecule has 0 aromatic heterocycles. The number of hydrogen-bond acceptors (Lipinski definition) is 1. The molecular weight excluding hydrogens is 1040 g/mol. The summed E-state index contributed by atoms with van der Waals surface area (Å²) in [4.78, 5) is 15.1. The highest BCUT2D eigenvalue weighted by molar-refractivity contribution is 5.93. The van der Waals surface area contributed by atoms with Gasteiger partial charge in [0.2, 0.25) is 0 Å². The van der Waals surface area contributed by atoms with Gasteiger partial charge in [-0.2, -0.15) is 0 Å². The van der Waals surface area contributed by atoms with Gasteiger partial charge in [0.15, 0.2) is 0 Å². The number of hydrogen-bond donors (Lipinski definition) is 2. The van der Waals surface area contributed by atoms with E-state index in [4.69, 9.17) is 5.73 Å². The van der Waals surface area contributed by atoms with Crippen molar-refractivity contribution in [3.05, 3.63) is 459 Å². The molecule has 412 valence electrons. The van der Waals surface area contributed by atoms with Crippen LogP contribution in [-0.2, 0) is 21.7 Å². The molecule has 0 aliphatic rings. The number of anilines is 1. The zero-order chi connectivity index (χ0) is 58.2. The first-order valence-electron chi connectivity index (χ1n) is 29.5. The molecule has 13 aromatic carbocycles. The second kappa shape index (κ2) is 23.8. The normalized spacial score (nSPS) is 11.8. The smallest absolute Gasteiger partial charge is 0.316 e. The van der Waals surface area contributed by atoms with Crippen molar-refractivity contribution >= 4 is 11.7 Å². The first-order valence-corrected chi connectivity index (χ1v) is 29.5. The summed E-state index contributed by atoms with van der Waals surface area (Å²) < 4.78 is 0. The van der Waals surface area contributed by atoms with Crippen molar-refractivity contribution in [1.29, 1.82) is 0 Å². The highest BCUT2D eigenvalue weighted by Gasteiger charge is 2.57. The fraction of sp³-hybridized carbons (Fsp3) is 0.0482. The Balaban J connectivity index is 1.51. The predicted octanol–water partition coefficient (Wildman–Crippen LogP) is 18.7. The molecule has 0 fully saturated rings. The van der Waals surface area contributed by atoms with Crippen molar-refractivity contribution in [3.63, 3.8) is 0 Å². The van der Waals surface area contributed by atoms with Gasteiger partial charge < -0.3 is 11.1 Å². The van der Waals surface area contributed by atoms with E-state index < -0.39 is 27.7 Å². The van der Waals surface area contributed by atoms with Gasteiger partial charge in [-0.1, -0.05) is 364 Å². The standard InChI is InChI=1S/C83H64N2O/c84-79(86)85-75-61-74(80(62-37-13-1-14-38-62,63-39-15-2-16-40-63)64-41-17-3-18-42-64)76(81(65-43-19-4-20-44-65,66-45-21-5-22-46-66)67-47-23-6-24-48-67)78(83(71-55-31-10-32-56-71,72-57-33-11-34-58-72)73-59-35-12-36-60-73)77(75)82(68-49-25-7-26-50-68,69-51-27-8-28-52-69)70-53-29-9-30-54-70/h1-61H,(H3,84,85,86). The van der Waals surface area contributed by atoms with Crippen LogP contribution in [0.4, 0.5) is 10.5 Å². The van der Waals surface area contributed by atoms with Gasteiger partial charge in [-0.05, 0) is 89.5 Å². The number of rotatable bonds is 17. The third kappa shape index (κ3) is 9.04. The van der Waals surface area contributed by atoms with E-state index in [1.54, 1.807) is 0 Å². The fourth-order valence-electron chi connectivity index (χ4n) is 14.4. The van der Waals surface area contributed by atoms with Gasteiger partial charge in [0.1, 0.15) is 0 Å². The zero-order valence-electron chi connectivity index (χ0n) is 47.7. The second-order valence-corrected chi connectivity index (χ2v) is 22.0. The Morgan fingerprint density at radius 3 is 0.570 bits per heavy atom. The molecule has 0 radical (unpaired) electrons. The minimum Gasteiger partial charge on any atom is -0.351 e. The number of urea groups is 1. The van der Waals surface area contributed by atoms with Crippen LogP contribution in [0, 0.1) is 0 Å². The Morgan fingerprint density at radius 1 is 0.221 bits per heavy atom. The first kappa shape index (κ1) is 54.4. The van der Waals surface area contributed by atoms with Gasteiger partial charge in [0.05, 0.1) is 21.7 Å². The molecule has 86 heavy (non-hydrogen) atoms. The lowest BCUT2D eigenvalue weighted by atomic mass is 9.49. The molecule has 0 aliphatic heterocycles. The number of benzene rings is 13. The molecule has 0 heterocycles. The summed E-state index contributed by atoms with van der Waals surface area (Å²) in [7, 11) is 0. The van der Waals surface area contributed by atoms with Crippen LogP contribution >= 0.6 is 0 Å². The summed E-state index contributed by atoms with van der Waals surface area (Å²) in [6.07, 6.45) is 0. The molecule has 0 spiro atoms. The van der Waals surface area contributed by atoms with E-state index in [1.165, 1.54) is 0 Å². The minimum atomic E-state index is -1.28. The number of carbonyl (C=O) groups is 1. The maximum Gasteiger partial charge on any atom is 0.316 e.